The number of para-hydroxylation sites is 1. The van der Waals surface area contributed by atoms with Crippen LogP contribution in [0.2, 0.25) is 0 Å². The first-order valence-electron chi connectivity index (χ1n) is 6.43. The summed E-state index contributed by atoms with van der Waals surface area (Å²) in [5.41, 5.74) is 2.50. The summed E-state index contributed by atoms with van der Waals surface area (Å²) in [7, 11) is 2.00. The first kappa shape index (κ1) is 11.4. The molecule has 3 rings (SSSR count). The summed E-state index contributed by atoms with van der Waals surface area (Å²) < 4.78 is 0. The molecular weight excluding hydrogens is 228 g/mol. The van der Waals surface area contributed by atoms with Crippen LogP contribution in [-0.4, -0.2) is 31.2 Å². The Balaban J connectivity index is 2.03. The molecule has 0 atom stereocenters. The lowest BCUT2D eigenvalue weighted by atomic mass is 9.68. The first-order valence-corrected chi connectivity index (χ1v) is 6.43. The van der Waals surface area contributed by atoms with E-state index in [9.17, 15) is 9.90 Å². The number of aromatic carboxylic acids is 1. The van der Waals surface area contributed by atoms with Crippen molar-refractivity contribution in [1.29, 1.82) is 0 Å². The van der Waals surface area contributed by atoms with Gasteiger partial charge >= 0.3 is 5.97 Å². The Morgan fingerprint density at radius 3 is 2.83 bits per heavy atom. The van der Waals surface area contributed by atoms with Crippen LogP contribution >= 0.6 is 0 Å². The SMILES string of the molecule is CN1CC2(CCC2)CNc2cccc(C(=O)O)c21. The van der Waals surface area contributed by atoms with Gasteiger partial charge in [0.05, 0.1) is 16.9 Å². The predicted molar refractivity (Wildman–Crippen MR) is 71.4 cm³/mol. The van der Waals surface area contributed by atoms with Crippen molar-refractivity contribution < 1.29 is 9.90 Å². The van der Waals surface area contributed by atoms with Crippen molar-refractivity contribution in [2.75, 3.05) is 30.4 Å². The fourth-order valence-corrected chi connectivity index (χ4v) is 3.20. The molecule has 1 heterocycles. The number of hydrogen-bond acceptors (Lipinski definition) is 3. The smallest absolute Gasteiger partial charge is 0.337 e. The van der Waals surface area contributed by atoms with E-state index in [0.717, 1.165) is 24.5 Å². The molecule has 1 aliphatic carbocycles. The maximum Gasteiger partial charge on any atom is 0.337 e. The van der Waals surface area contributed by atoms with E-state index in [-0.39, 0.29) is 0 Å². The summed E-state index contributed by atoms with van der Waals surface area (Å²) in [5, 5.41) is 12.7. The molecule has 18 heavy (non-hydrogen) atoms. The topological polar surface area (TPSA) is 52.6 Å². The van der Waals surface area contributed by atoms with Gasteiger partial charge in [0.25, 0.3) is 0 Å². The van der Waals surface area contributed by atoms with Gasteiger partial charge in [-0.05, 0) is 25.0 Å². The average Bonchev–Trinajstić information content (AvgIpc) is 2.46. The van der Waals surface area contributed by atoms with Crippen molar-refractivity contribution in [2.24, 2.45) is 5.41 Å². The maximum atomic E-state index is 11.3. The predicted octanol–water partition coefficient (Wildman–Crippen LogP) is 2.42. The second-order valence-corrected chi connectivity index (χ2v) is 5.57. The quantitative estimate of drug-likeness (QED) is 0.799. The lowest BCUT2D eigenvalue weighted by Crippen LogP contribution is -2.43. The molecule has 1 aliphatic heterocycles. The van der Waals surface area contributed by atoms with Crippen LogP contribution < -0.4 is 10.2 Å². The van der Waals surface area contributed by atoms with Crippen LogP contribution in [-0.2, 0) is 0 Å². The molecule has 96 valence electrons. The third kappa shape index (κ3) is 1.64. The fraction of sp³-hybridized carbons (Fsp3) is 0.500. The number of nitrogens with zero attached hydrogens (tertiary/aromatic N) is 1. The summed E-state index contributed by atoms with van der Waals surface area (Å²) in [6, 6.07) is 5.45. The molecular formula is C14H18N2O2. The van der Waals surface area contributed by atoms with E-state index in [4.69, 9.17) is 0 Å². The van der Waals surface area contributed by atoms with Gasteiger partial charge in [-0.1, -0.05) is 12.5 Å². The van der Waals surface area contributed by atoms with Crippen molar-refractivity contribution in [3.8, 4) is 0 Å². The van der Waals surface area contributed by atoms with E-state index < -0.39 is 5.97 Å². The molecule has 0 amide bonds. The van der Waals surface area contributed by atoms with E-state index in [1.54, 1.807) is 6.07 Å². The van der Waals surface area contributed by atoms with Crippen molar-refractivity contribution in [2.45, 2.75) is 19.3 Å². The molecule has 1 fully saturated rings. The van der Waals surface area contributed by atoms with Crippen LogP contribution in [0.15, 0.2) is 18.2 Å². The van der Waals surface area contributed by atoms with Crippen molar-refractivity contribution in [1.82, 2.24) is 0 Å². The highest BCUT2D eigenvalue weighted by Crippen LogP contribution is 2.45. The van der Waals surface area contributed by atoms with Gasteiger partial charge in [-0.25, -0.2) is 4.79 Å². The standard InChI is InChI=1S/C14H18N2O2/c1-16-9-14(6-3-7-14)8-15-11-5-2-4-10(12(11)16)13(17)18/h2,4-5,15H,3,6-9H2,1H3,(H,17,18). The molecule has 2 N–H and O–H groups in total. The van der Waals surface area contributed by atoms with E-state index in [1.165, 1.54) is 19.3 Å². The average molecular weight is 246 g/mol. The van der Waals surface area contributed by atoms with Crippen LogP contribution in [0.3, 0.4) is 0 Å². The highest BCUT2D eigenvalue weighted by Gasteiger charge is 2.40. The van der Waals surface area contributed by atoms with Gasteiger partial charge in [0.15, 0.2) is 0 Å². The zero-order valence-corrected chi connectivity index (χ0v) is 10.6. The lowest BCUT2D eigenvalue weighted by molar-refractivity contribution is 0.0697. The number of carbonyl (C=O) groups is 1. The molecule has 0 aromatic heterocycles. The molecule has 4 heteroatoms. The van der Waals surface area contributed by atoms with Gasteiger partial charge in [0, 0.05) is 25.6 Å². The molecule has 0 bridgehead atoms. The molecule has 1 aromatic carbocycles. The van der Waals surface area contributed by atoms with Crippen LogP contribution in [0, 0.1) is 5.41 Å². The van der Waals surface area contributed by atoms with Crippen molar-refractivity contribution >= 4 is 17.3 Å². The van der Waals surface area contributed by atoms with Gasteiger partial charge in [-0.3, -0.25) is 0 Å². The van der Waals surface area contributed by atoms with E-state index in [2.05, 4.69) is 10.2 Å². The van der Waals surface area contributed by atoms with Crippen LogP contribution in [0.4, 0.5) is 11.4 Å². The number of fused-ring (bicyclic) bond motifs is 1. The summed E-state index contributed by atoms with van der Waals surface area (Å²) >= 11 is 0. The van der Waals surface area contributed by atoms with E-state index >= 15 is 0 Å². The summed E-state index contributed by atoms with van der Waals surface area (Å²) in [6.07, 6.45) is 3.76. The zero-order valence-electron chi connectivity index (χ0n) is 10.6. The number of anilines is 2. The van der Waals surface area contributed by atoms with Crippen LogP contribution in [0.1, 0.15) is 29.6 Å². The van der Waals surface area contributed by atoms with Gasteiger partial charge in [-0.15, -0.1) is 0 Å². The molecule has 2 aliphatic rings. The minimum atomic E-state index is -0.856. The zero-order chi connectivity index (χ0) is 12.8. The Morgan fingerprint density at radius 2 is 2.22 bits per heavy atom. The molecule has 1 aromatic rings. The number of rotatable bonds is 1. The third-order valence-electron chi connectivity index (χ3n) is 4.29. The fourth-order valence-electron chi connectivity index (χ4n) is 3.20. The largest absolute Gasteiger partial charge is 0.478 e. The highest BCUT2D eigenvalue weighted by molar-refractivity contribution is 5.98. The minimum absolute atomic E-state index is 0.337. The monoisotopic (exact) mass is 246 g/mol. The number of nitrogens with one attached hydrogen (secondary N) is 1. The molecule has 0 unspecified atom stereocenters. The van der Waals surface area contributed by atoms with Gasteiger partial charge in [-0.2, -0.15) is 0 Å². The van der Waals surface area contributed by atoms with Crippen molar-refractivity contribution in [3.63, 3.8) is 0 Å². The number of hydrogen-bond donors (Lipinski definition) is 2. The van der Waals surface area contributed by atoms with Gasteiger partial charge < -0.3 is 15.3 Å². The van der Waals surface area contributed by atoms with E-state index in [0.29, 0.717) is 11.0 Å². The molecule has 4 nitrogen and oxygen atoms in total. The Bertz CT molecular complexity index is 495. The third-order valence-corrected chi connectivity index (χ3v) is 4.29. The normalized spacial score (nSPS) is 20.6. The molecule has 1 saturated carbocycles. The van der Waals surface area contributed by atoms with Crippen LogP contribution in [0.25, 0.3) is 0 Å². The lowest BCUT2D eigenvalue weighted by Gasteiger charge is -2.43. The van der Waals surface area contributed by atoms with E-state index in [1.807, 2.05) is 19.2 Å². The number of carboxylic acids is 1. The number of benzene rings is 1. The van der Waals surface area contributed by atoms with Crippen molar-refractivity contribution in [3.05, 3.63) is 23.8 Å². The Hall–Kier alpha value is -1.71. The Labute approximate surface area is 107 Å². The minimum Gasteiger partial charge on any atom is -0.478 e. The maximum absolute atomic E-state index is 11.3. The molecule has 0 saturated heterocycles. The van der Waals surface area contributed by atoms with Crippen LogP contribution in [0.5, 0.6) is 0 Å². The highest BCUT2D eigenvalue weighted by atomic mass is 16.4. The second-order valence-electron chi connectivity index (χ2n) is 5.57. The first-order chi connectivity index (χ1) is 8.61. The summed E-state index contributed by atoms with van der Waals surface area (Å²) in [4.78, 5) is 13.4. The number of carboxylic acid groups (broad SMARTS) is 1. The molecule has 0 radical (unpaired) electrons. The Kier molecular flexibility index (Phi) is 2.47. The summed E-state index contributed by atoms with van der Waals surface area (Å²) in [6.45, 7) is 1.89. The van der Waals surface area contributed by atoms with Gasteiger partial charge in [0.1, 0.15) is 0 Å². The molecule has 1 spiro atoms. The second kappa shape index (κ2) is 3.90. The summed E-state index contributed by atoms with van der Waals surface area (Å²) in [5.74, 6) is -0.856. The Morgan fingerprint density at radius 1 is 1.44 bits per heavy atom. The van der Waals surface area contributed by atoms with Gasteiger partial charge in [0.2, 0.25) is 0 Å².